The van der Waals surface area contributed by atoms with E-state index in [0.717, 1.165) is 11.6 Å². The second-order valence-corrected chi connectivity index (χ2v) is 6.63. The van der Waals surface area contributed by atoms with Crippen molar-refractivity contribution in [2.45, 2.75) is 26.6 Å². The number of hydrogen-bond acceptors (Lipinski definition) is 3. The standard InChI is InChI=1S/C21H17F3N4O/c1-12-19(16-7-8-17(10-25)18(9-16)21(22,23)24)13(2)28(27-12)11-14-3-5-15(6-4-14)20(26)29/h3-9H,11H2,1-2H3,(H2,26,29). The summed E-state index contributed by atoms with van der Waals surface area (Å²) in [6.45, 7) is 3.88. The molecule has 0 atom stereocenters. The van der Waals surface area contributed by atoms with Gasteiger partial charge in [-0.15, -0.1) is 0 Å². The van der Waals surface area contributed by atoms with Crippen LogP contribution in [0.15, 0.2) is 42.5 Å². The van der Waals surface area contributed by atoms with Crippen molar-refractivity contribution >= 4 is 5.91 Å². The van der Waals surface area contributed by atoms with Crippen molar-refractivity contribution in [3.63, 3.8) is 0 Å². The minimum absolute atomic E-state index is 0.349. The number of amides is 1. The number of nitriles is 1. The van der Waals surface area contributed by atoms with Gasteiger partial charge in [-0.25, -0.2) is 0 Å². The number of nitrogens with zero attached hydrogens (tertiary/aromatic N) is 3. The number of aromatic nitrogens is 2. The third kappa shape index (κ3) is 3.99. The van der Waals surface area contributed by atoms with Crippen LogP contribution in [0.2, 0.25) is 0 Å². The zero-order chi connectivity index (χ0) is 21.3. The molecular weight excluding hydrogens is 381 g/mol. The van der Waals surface area contributed by atoms with Crippen molar-refractivity contribution in [3.05, 3.63) is 76.1 Å². The molecule has 0 saturated carbocycles. The van der Waals surface area contributed by atoms with E-state index in [2.05, 4.69) is 5.10 Å². The van der Waals surface area contributed by atoms with Crippen LogP contribution in [0.25, 0.3) is 11.1 Å². The summed E-state index contributed by atoms with van der Waals surface area (Å²) in [7, 11) is 0. The fourth-order valence-corrected chi connectivity index (χ4v) is 3.25. The number of carbonyl (C=O) groups is 1. The summed E-state index contributed by atoms with van der Waals surface area (Å²) in [6.07, 6.45) is -4.62. The summed E-state index contributed by atoms with van der Waals surface area (Å²) in [6, 6.07) is 12.0. The van der Waals surface area contributed by atoms with Gasteiger partial charge in [0.1, 0.15) is 0 Å². The molecule has 0 spiro atoms. The number of nitrogens with two attached hydrogens (primary N) is 1. The average molecular weight is 398 g/mol. The first-order valence-electron chi connectivity index (χ1n) is 8.66. The molecule has 0 fully saturated rings. The molecule has 3 rings (SSSR count). The maximum atomic E-state index is 13.3. The largest absolute Gasteiger partial charge is 0.417 e. The van der Waals surface area contributed by atoms with Gasteiger partial charge in [-0.1, -0.05) is 18.2 Å². The monoisotopic (exact) mass is 398 g/mol. The summed E-state index contributed by atoms with van der Waals surface area (Å²) in [5.41, 5.74) is 7.31. The Morgan fingerprint density at radius 3 is 2.38 bits per heavy atom. The van der Waals surface area contributed by atoms with Gasteiger partial charge in [-0.2, -0.15) is 23.5 Å². The summed E-state index contributed by atoms with van der Waals surface area (Å²) >= 11 is 0. The molecule has 0 unspecified atom stereocenters. The molecule has 2 N–H and O–H groups in total. The first kappa shape index (κ1) is 20.1. The lowest BCUT2D eigenvalue weighted by molar-refractivity contribution is -0.137. The predicted molar refractivity (Wildman–Crippen MR) is 101 cm³/mol. The number of rotatable bonds is 4. The predicted octanol–water partition coefficient (Wildman–Crippen LogP) is 4.20. The molecule has 1 amide bonds. The van der Waals surface area contributed by atoms with E-state index in [4.69, 9.17) is 11.0 Å². The Morgan fingerprint density at radius 1 is 1.17 bits per heavy atom. The van der Waals surface area contributed by atoms with Gasteiger partial charge in [0.2, 0.25) is 5.91 Å². The average Bonchev–Trinajstić information content (AvgIpc) is 2.94. The second-order valence-electron chi connectivity index (χ2n) is 6.63. The van der Waals surface area contributed by atoms with Gasteiger partial charge < -0.3 is 5.73 Å². The Hall–Kier alpha value is -3.60. The van der Waals surface area contributed by atoms with E-state index < -0.39 is 23.2 Å². The molecule has 1 heterocycles. The third-order valence-corrected chi connectivity index (χ3v) is 4.69. The zero-order valence-electron chi connectivity index (χ0n) is 15.7. The zero-order valence-corrected chi connectivity index (χ0v) is 15.7. The maximum absolute atomic E-state index is 13.3. The van der Waals surface area contributed by atoms with E-state index in [1.54, 1.807) is 48.9 Å². The van der Waals surface area contributed by atoms with E-state index in [9.17, 15) is 18.0 Å². The molecule has 8 heteroatoms. The molecule has 0 aliphatic heterocycles. The van der Waals surface area contributed by atoms with Gasteiger partial charge in [-0.05, 0) is 49.2 Å². The number of carbonyl (C=O) groups excluding carboxylic acids is 1. The molecule has 0 saturated heterocycles. The molecule has 0 aliphatic rings. The highest BCUT2D eigenvalue weighted by Gasteiger charge is 2.34. The fourth-order valence-electron chi connectivity index (χ4n) is 3.25. The van der Waals surface area contributed by atoms with Crippen LogP contribution < -0.4 is 5.73 Å². The molecule has 3 aromatic rings. The number of primary amides is 1. The van der Waals surface area contributed by atoms with Crippen LogP contribution in [0.4, 0.5) is 13.2 Å². The number of benzene rings is 2. The van der Waals surface area contributed by atoms with Gasteiger partial charge in [0.05, 0.1) is 29.4 Å². The van der Waals surface area contributed by atoms with Gasteiger partial charge in [0.25, 0.3) is 0 Å². The summed E-state index contributed by atoms with van der Waals surface area (Å²) in [5.74, 6) is -0.522. The van der Waals surface area contributed by atoms with Crippen LogP contribution >= 0.6 is 0 Å². The first-order valence-corrected chi connectivity index (χ1v) is 8.66. The molecule has 5 nitrogen and oxygen atoms in total. The fraction of sp³-hybridized carbons (Fsp3) is 0.190. The molecule has 0 bridgehead atoms. The number of alkyl halides is 3. The molecule has 29 heavy (non-hydrogen) atoms. The van der Waals surface area contributed by atoms with Gasteiger partial charge in [0.15, 0.2) is 0 Å². The number of hydrogen-bond donors (Lipinski definition) is 1. The lowest BCUT2D eigenvalue weighted by atomic mass is 9.98. The maximum Gasteiger partial charge on any atom is 0.417 e. The molecular formula is C21H17F3N4O. The van der Waals surface area contributed by atoms with Crippen molar-refractivity contribution in [1.29, 1.82) is 5.26 Å². The van der Waals surface area contributed by atoms with E-state index in [1.807, 2.05) is 0 Å². The highest BCUT2D eigenvalue weighted by molar-refractivity contribution is 5.92. The van der Waals surface area contributed by atoms with Crippen molar-refractivity contribution in [1.82, 2.24) is 9.78 Å². The van der Waals surface area contributed by atoms with E-state index in [-0.39, 0.29) is 0 Å². The Balaban J connectivity index is 2.00. The topological polar surface area (TPSA) is 84.7 Å². The Labute approximate surface area is 165 Å². The van der Waals surface area contributed by atoms with Crippen molar-refractivity contribution < 1.29 is 18.0 Å². The Morgan fingerprint density at radius 2 is 1.83 bits per heavy atom. The van der Waals surface area contributed by atoms with Crippen LogP contribution in [0.1, 0.15) is 38.4 Å². The second kappa shape index (κ2) is 7.43. The van der Waals surface area contributed by atoms with Crippen LogP contribution in [0.5, 0.6) is 0 Å². The molecule has 0 aliphatic carbocycles. The lowest BCUT2D eigenvalue weighted by Crippen LogP contribution is -2.11. The van der Waals surface area contributed by atoms with Gasteiger partial charge in [0, 0.05) is 16.8 Å². The summed E-state index contributed by atoms with van der Waals surface area (Å²) in [5, 5.41) is 13.4. The smallest absolute Gasteiger partial charge is 0.366 e. The molecule has 0 radical (unpaired) electrons. The Kier molecular flexibility index (Phi) is 5.16. The van der Waals surface area contributed by atoms with E-state index >= 15 is 0 Å². The lowest BCUT2D eigenvalue weighted by Gasteiger charge is -2.11. The summed E-state index contributed by atoms with van der Waals surface area (Å²) in [4.78, 5) is 11.2. The molecule has 148 valence electrons. The Bertz CT molecular complexity index is 1120. The van der Waals surface area contributed by atoms with Crippen molar-refractivity contribution in [3.8, 4) is 17.2 Å². The number of aryl methyl sites for hydroxylation is 1. The van der Waals surface area contributed by atoms with Crippen molar-refractivity contribution in [2.24, 2.45) is 5.73 Å². The highest BCUT2D eigenvalue weighted by Crippen LogP contribution is 2.36. The SMILES string of the molecule is Cc1nn(Cc2ccc(C(N)=O)cc2)c(C)c1-c1ccc(C#N)c(C(F)(F)F)c1. The van der Waals surface area contributed by atoms with Gasteiger partial charge >= 0.3 is 6.18 Å². The van der Waals surface area contributed by atoms with E-state index in [0.29, 0.717) is 34.6 Å². The molecule has 2 aromatic carbocycles. The minimum Gasteiger partial charge on any atom is -0.366 e. The quantitative estimate of drug-likeness (QED) is 0.715. The molecule has 1 aromatic heterocycles. The number of halogens is 3. The first-order chi connectivity index (χ1) is 13.6. The van der Waals surface area contributed by atoms with Crippen LogP contribution in [-0.4, -0.2) is 15.7 Å². The van der Waals surface area contributed by atoms with Crippen LogP contribution in [0.3, 0.4) is 0 Å². The van der Waals surface area contributed by atoms with Crippen LogP contribution in [0, 0.1) is 25.2 Å². The third-order valence-electron chi connectivity index (χ3n) is 4.69. The van der Waals surface area contributed by atoms with Crippen LogP contribution in [-0.2, 0) is 12.7 Å². The summed E-state index contributed by atoms with van der Waals surface area (Å²) < 4.78 is 41.6. The van der Waals surface area contributed by atoms with Crippen molar-refractivity contribution in [2.75, 3.05) is 0 Å². The minimum atomic E-state index is -4.62. The normalized spacial score (nSPS) is 11.3. The van der Waals surface area contributed by atoms with E-state index in [1.165, 1.54) is 12.1 Å². The highest BCUT2D eigenvalue weighted by atomic mass is 19.4. The van der Waals surface area contributed by atoms with Gasteiger partial charge in [-0.3, -0.25) is 9.48 Å².